The number of pyridine rings is 1. The molecular weight excluding hydrogens is 380 g/mol. The predicted molar refractivity (Wildman–Crippen MR) is 114 cm³/mol. The predicted octanol–water partition coefficient (Wildman–Crippen LogP) is 3.56. The van der Waals surface area contributed by atoms with Crippen LogP contribution in [0.3, 0.4) is 0 Å². The van der Waals surface area contributed by atoms with E-state index < -0.39 is 11.7 Å². The second kappa shape index (κ2) is 7.82. The fraction of sp³-hybridized carbons (Fsp3) is 0.348. The zero-order chi connectivity index (χ0) is 21.3. The lowest BCUT2D eigenvalue weighted by molar-refractivity contribution is -0.132. The Kier molecular flexibility index (Phi) is 5.20. The maximum atomic E-state index is 13.1. The van der Waals surface area contributed by atoms with Crippen LogP contribution in [0.4, 0.5) is 4.79 Å². The molecule has 7 heteroatoms. The van der Waals surface area contributed by atoms with Crippen LogP contribution >= 0.6 is 0 Å². The number of aromatic amines is 1. The van der Waals surface area contributed by atoms with Gasteiger partial charge in [-0.25, -0.2) is 4.79 Å². The minimum Gasteiger partial charge on any atom is -0.444 e. The third kappa shape index (κ3) is 4.01. The highest BCUT2D eigenvalue weighted by Gasteiger charge is 2.34. The molecule has 4 rings (SSSR count). The van der Waals surface area contributed by atoms with Gasteiger partial charge in [0.1, 0.15) is 12.1 Å². The molecule has 0 spiro atoms. The lowest BCUT2D eigenvalue weighted by atomic mass is 9.93. The van der Waals surface area contributed by atoms with Gasteiger partial charge in [-0.3, -0.25) is 9.78 Å². The number of H-pyrrole nitrogens is 1. The van der Waals surface area contributed by atoms with Crippen molar-refractivity contribution in [2.75, 3.05) is 13.1 Å². The van der Waals surface area contributed by atoms with E-state index in [0.717, 1.165) is 23.2 Å². The number of hydrogen-bond donors (Lipinski definition) is 2. The van der Waals surface area contributed by atoms with Crippen molar-refractivity contribution in [2.24, 2.45) is 0 Å². The Labute approximate surface area is 175 Å². The second-order valence-electron chi connectivity index (χ2n) is 8.44. The molecule has 1 aliphatic rings. The van der Waals surface area contributed by atoms with Crippen molar-refractivity contribution in [2.45, 2.75) is 38.8 Å². The molecule has 1 atom stereocenters. The van der Waals surface area contributed by atoms with Gasteiger partial charge in [-0.1, -0.05) is 18.2 Å². The first-order valence-corrected chi connectivity index (χ1v) is 10.1. The molecule has 1 unspecified atom stereocenters. The number of benzene rings is 1. The van der Waals surface area contributed by atoms with E-state index in [4.69, 9.17) is 4.74 Å². The number of nitrogens with zero attached hydrogens (tertiary/aromatic N) is 2. The minimum absolute atomic E-state index is 0.119. The fourth-order valence-corrected chi connectivity index (χ4v) is 3.97. The zero-order valence-corrected chi connectivity index (χ0v) is 17.4. The van der Waals surface area contributed by atoms with Crippen LogP contribution in [0.15, 0.2) is 48.8 Å². The minimum atomic E-state index is -0.614. The van der Waals surface area contributed by atoms with Gasteiger partial charge in [0, 0.05) is 35.5 Å². The van der Waals surface area contributed by atoms with Gasteiger partial charge in [0.25, 0.3) is 0 Å². The lowest BCUT2D eigenvalue weighted by Gasteiger charge is -2.36. The average molecular weight is 406 g/mol. The van der Waals surface area contributed by atoms with E-state index in [0.29, 0.717) is 6.54 Å². The fourth-order valence-electron chi connectivity index (χ4n) is 3.97. The van der Waals surface area contributed by atoms with E-state index in [2.05, 4.69) is 21.4 Å². The van der Waals surface area contributed by atoms with Gasteiger partial charge >= 0.3 is 6.09 Å². The summed E-state index contributed by atoms with van der Waals surface area (Å²) >= 11 is 0. The molecule has 0 fully saturated rings. The summed E-state index contributed by atoms with van der Waals surface area (Å²) in [5, 5.41) is 3.77. The van der Waals surface area contributed by atoms with E-state index in [1.54, 1.807) is 33.2 Å². The van der Waals surface area contributed by atoms with Crippen molar-refractivity contribution >= 4 is 22.9 Å². The summed E-state index contributed by atoms with van der Waals surface area (Å²) in [7, 11) is 0. The highest BCUT2D eigenvalue weighted by atomic mass is 16.6. The molecule has 7 nitrogen and oxygen atoms in total. The summed E-state index contributed by atoms with van der Waals surface area (Å²) in [6.45, 7) is 5.81. The highest BCUT2D eigenvalue weighted by molar-refractivity contribution is 5.87. The number of alkyl carbamates (subject to hydrolysis) is 1. The third-order valence-electron chi connectivity index (χ3n) is 5.16. The summed E-state index contributed by atoms with van der Waals surface area (Å²) in [5.74, 6) is -0.160. The monoisotopic (exact) mass is 406 g/mol. The van der Waals surface area contributed by atoms with Crippen molar-refractivity contribution in [3.8, 4) is 0 Å². The van der Waals surface area contributed by atoms with Crippen molar-refractivity contribution in [3.05, 3.63) is 65.6 Å². The SMILES string of the molecule is CC(C)(C)OC(=O)NCC(=O)N1CCc2c([nH]c3ccccc23)C1c1ccncc1. The number of rotatable bonds is 3. The summed E-state index contributed by atoms with van der Waals surface area (Å²) < 4.78 is 5.25. The van der Waals surface area contributed by atoms with Gasteiger partial charge in [0.2, 0.25) is 5.91 Å². The van der Waals surface area contributed by atoms with Gasteiger partial charge in [0.05, 0.1) is 6.04 Å². The summed E-state index contributed by atoms with van der Waals surface area (Å²) in [6.07, 6.45) is 3.61. The van der Waals surface area contributed by atoms with Crippen molar-refractivity contribution in [1.82, 2.24) is 20.2 Å². The number of fused-ring (bicyclic) bond motifs is 3. The molecule has 0 saturated carbocycles. The number of ether oxygens (including phenoxy) is 1. The molecule has 0 saturated heterocycles. The topological polar surface area (TPSA) is 87.3 Å². The molecular formula is C23H26N4O3. The smallest absolute Gasteiger partial charge is 0.408 e. The van der Waals surface area contributed by atoms with E-state index in [-0.39, 0.29) is 18.5 Å². The van der Waals surface area contributed by atoms with Gasteiger partial charge in [-0.15, -0.1) is 0 Å². The Morgan fingerprint density at radius 1 is 1.20 bits per heavy atom. The number of hydrogen-bond acceptors (Lipinski definition) is 4. The second-order valence-corrected chi connectivity index (χ2v) is 8.44. The molecule has 0 aliphatic carbocycles. The number of para-hydroxylation sites is 1. The molecule has 2 amide bonds. The van der Waals surface area contributed by atoms with Crippen LogP contribution in [0.25, 0.3) is 10.9 Å². The number of nitrogens with one attached hydrogen (secondary N) is 2. The normalized spacial score (nSPS) is 16.2. The highest BCUT2D eigenvalue weighted by Crippen LogP contribution is 2.38. The Morgan fingerprint density at radius 3 is 2.67 bits per heavy atom. The molecule has 2 aromatic heterocycles. The van der Waals surface area contributed by atoms with Crippen LogP contribution in [0.1, 0.15) is 43.6 Å². The maximum Gasteiger partial charge on any atom is 0.408 e. The maximum absolute atomic E-state index is 13.1. The van der Waals surface area contributed by atoms with E-state index in [1.165, 1.54) is 10.9 Å². The van der Waals surface area contributed by atoms with Crippen LogP contribution in [0, 0.1) is 0 Å². The standard InChI is InChI=1S/C23H26N4O3/c1-23(2,3)30-22(29)25-14-19(28)27-13-10-17-16-6-4-5-7-18(16)26-20(17)21(27)15-8-11-24-12-9-15/h4-9,11-12,21,26H,10,13-14H2,1-3H3,(H,25,29). The molecule has 3 heterocycles. The van der Waals surface area contributed by atoms with E-state index in [1.807, 2.05) is 35.2 Å². The first kappa shape index (κ1) is 19.9. The first-order chi connectivity index (χ1) is 14.3. The molecule has 2 N–H and O–H groups in total. The van der Waals surface area contributed by atoms with Crippen LogP contribution < -0.4 is 5.32 Å². The van der Waals surface area contributed by atoms with Gasteiger partial charge < -0.3 is 19.9 Å². The van der Waals surface area contributed by atoms with Gasteiger partial charge in [0.15, 0.2) is 0 Å². The Bertz CT molecular complexity index is 1070. The summed E-state index contributed by atoms with van der Waals surface area (Å²) in [5.41, 5.74) is 3.67. The molecule has 1 aromatic carbocycles. The molecule has 156 valence electrons. The molecule has 30 heavy (non-hydrogen) atoms. The van der Waals surface area contributed by atoms with E-state index in [9.17, 15) is 9.59 Å². The van der Waals surface area contributed by atoms with Crippen LogP contribution in [0.5, 0.6) is 0 Å². The number of amides is 2. The third-order valence-corrected chi connectivity index (χ3v) is 5.16. The van der Waals surface area contributed by atoms with Crippen molar-refractivity contribution in [1.29, 1.82) is 0 Å². The number of carbonyl (C=O) groups is 2. The van der Waals surface area contributed by atoms with Crippen LogP contribution in [-0.2, 0) is 16.0 Å². The Hall–Kier alpha value is -3.35. The Balaban J connectivity index is 1.63. The molecule has 0 bridgehead atoms. The quantitative estimate of drug-likeness (QED) is 0.696. The molecule has 3 aromatic rings. The zero-order valence-electron chi connectivity index (χ0n) is 17.4. The largest absolute Gasteiger partial charge is 0.444 e. The number of aromatic nitrogens is 2. The first-order valence-electron chi connectivity index (χ1n) is 10.1. The van der Waals surface area contributed by atoms with E-state index >= 15 is 0 Å². The van der Waals surface area contributed by atoms with Crippen LogP contribution in [0.2, 0.25) is 0 Å². The van der Waals surface area contributed by atoms with Gasteiger partial charge in [-0.2, -0.15) is 0 Å². The Morgan fingerprint density at radius 2 is 1.93 bits per heavy atom. The summed E-state index contributed by atoms with van der Waals surface area (Å²) in [6, 6.07) is 11.8. The molecule has 1 aliphatic heterocycles. The molecule has 0 radical (unpaired) electrons. The average Bonchev–Trinajstić information content (AvgIpc) is 3.09. The van der Waals surface area contributed by atoms with Gasteiger partial charge in [-0.05, 0) is 56.5 Å². The van der Waals surface area contributed by atoms with Crippen molar-refractivity contribution in [3.63, 3.8) is 0 Å². The van der Waals surface area contributed by atoms with Crippen LogP contribution in [-0.4, -0.2) is 45.6 Å². The lowest BCUT2D eigenvalue weighted by Crippen LogP contribution is -2.46. The number of carbonyl (C=O) groups excluding carboxylic acids is 2. The van der Waals surface area contributed by atoms with Crippen molar-refractivity contribution < 1.29 is 14.3 Å². The summed E-state index contributed by atoms with van der Waals surface area (Å²) in [4.78, 5) is 34.5.